The summed E-state index contributed by atoms with van der Waals surface area (Å²) >= 11 is 0. The van der Waals surface area contributed by atoms with Gasteiger partial charge in [0.15, 0.2) is 0 Å². The Hall–Kier alpha value is -0.610. The van der Waals surface area contributed by atoms with Crippen molar-refractivity contribution in [2.45, 2.75) is 51.6 Å². The fourth-order valence-corrected chi connectivity index (χ4v) is 1.18. The van der Waals surface area contributed by atoms with Crippen molar-refractivity contribution >= 4 is 5.97 Å². The minimum Gasteiger partial charge on any atom is -0.466 e. The SMILES string of the molecule is COC(C)(C)CCOC(=O)CCCCCN. The van der Waals surface area contributed by atoms with Gasteiger partial charge in [-0.2, -0.15) is 0 Å². The van der Waals surface area contributed by atoms with Crippen LogP contribution in [0, 0.1) is 0 Å². The Morgan fingerprint density at radius 2 is 1.94 bits per heavy atom. The minimum atomic E-state index is -0.222. The van der Waals surface area contributed by atoms with Crippen LogP contribution in [0.4, 0.5) is 0 Å². The summed E-state index contributed by atoms with van der Waals surface area (Å²) in [7, 11) is 1.66. The molecule has 0 unspecified atom stereocenters. The average molecular weight is 231 g/mol. The number of hydrogen-bond donors (Lipinski definition) is 1. The molecule has 0 bridgehead atoms. The zero-order valence-electron chi connectivity index (χ0n) is 10.8. The quantitative estimate of drug-likeness (QED) is 0.486. The van der Waals surface area contributed by atoms with Gasteiger partial charge in [0.05, 0.1) is 12.2 Å². The van der Waals surface area contributed by atoms with Gasteiger partial charge in [-0.3, -0.25) is 4.79 Å². The van der Waals surface area contributed by atoms with Gasteiger partial charge in [-0.1, -0.05) is 6.42 Å². The van der Waals surface area contributed by atoms with Crippen molar-refractivity contribution < 1.29 is 14.3 Å². The summed E-state index contributed by atoms with van der Waals surface area (Å²) < 4.78 is 10.3. The second-order valence-electron chi connectivity index (χ2n) is 4.53. The van der Waals surface area contributed by atoms with Gasteiger partial charge in [0.25, 0.3) is 0 Å². The second kappa shape index (κ2) is 8.53. The van der Waals surface area contributed by atoms with Gasteiger partial charge in [-0.25, -0.2) is 0 Å². The van der Waals surface area contributed by atoms with E-state index in [2.05, 4.69) is 0 Å². The Bertz CT molecular complexity index is 193. The summed E-state index contributed by atoms with van der Waals surface area (Å²) in [6.45, 7) is 5.07. The molecule has 0 fully saturated rings. The molecular weight excluding hydrogens is 206 g/mol. The average Bonchev–Trinajstić information content (AvgIpc) is 2.24. The number of carbonyl (C=O) groups excluding carboxylic acids is 1. The van der Waals surface area contributed by atoms with Gasteiger partial charge in [-0.15, -0.1) is 0 Å². The van der Waals surface area contributed by atoms with E-state index < -0.39 is 0 Å². The van der Waals surface area contributed by atoms with E-state index in [0.29, 0.717) is 19.6 Å². The molecule has 4 heteroatoms. The van der Waals surface area contributed by atoms with E-state index in [9.17, 15) is 4.79 Å². The Morgan fingerprint density at radius 3 is 2.50 bits per heavy atom. The number of esters is 1. The van der Waals surface area contributed by atoms with Crippen molar-refractivity contribution in [1.29, 1.82) is 0 Å². The standard InChI is InChI=1S/C12H25NO3/c1-12(2,15-3)8-10-16-11(14)7-5-4-6-9-13/h4-10,13H2,1-3H3. The Kier molecular flexibility index (Phi) is 8.21. The third kappa shape index (κ3) is 8.68. The van der Waals surface area contributed by atoms with Crippen LogP contribution < -0.4 is 5.73 Å². The van der Waals surface area contributed by atoms with Gasteiger partial charge in [-0.05, 0) is 33.2 Å². The highest BCUT2D eigenvalue weighted by Crippen LogP contribution is 2.12. The number of methoxy groups -OCH3 is 1. The van der Waals surface area contributed by atoms with Crippen molar-refractivity contribution in [1.82, 2.24) is 0 Å². The zero-order chi connectivity index (χ0) is 12.4. The first kappa shape index (κ1) is 15.4. The molecule has 0 rings (SSSR count). The van der Waals surface area contributed by atoms with Crippen LogP contribution in [0.2, 0.25) is 0 Å². The van der Waals surface area contributed by atoms with Crippen LogP contribution in [0.5, 0.6) is 0 Å². The van der Waals surface area contributed by atoms with Crippen LogP contribution in [-0.2, 0) is 14.3 Å². The maximum absolute atomic E-state index is 11.3. The van der Waals surface area contributed by atoms with E-state index in [-0.39, 0.29) is 11.6 Å². The molecule has 0 aliphatic carbocycles. The number of ether oxygens (including phenoxy) is 2. The molecule has 0 aromatic heterocycles. The molecule has 0 aliphatic rings. The number of unbranched alkanes of at least 4 members (excludes halogenated alkanes) is 2. The predicted octanol–water partition coefficient (Wildman–Crippen LogP) is 1.86. The first-order valence-corrected chi connectivity index (χ1v) is 5.92. The fourth-order valence-electron chi connectivity index (χ4n) is 1.18. The van der Waals surface area contributed by atoms with Crippen molar-refractivity contribution in [3.05, 3.63) is 0 Å². The van der Waals surface area contributed by atoms with E-state index >= 15 is 0 Å². The molecule has 0 aliphatic heterocycles. The van der Waals surface area contributed by atoms with E-state index in [1.54, 1.807) is 7.11 Å². The summed E-state index contributed by atoms with van der Waals surface area (Å²) in [6.07, 6.45) is 4.05. The van der Waals surface area contributed by atoms with Crippen LogP contribution >= 0.6 is 0 Å². The van der Waals surface area contributed by atoms with Gasteiger partial charge in [0.2, 0.25) is 0 Å². The Labute approximate surface area is 98.5 Å². The predicted molar refractivity (Wildman–Crippen MR) is 64.2 cm³/mol. The van der Waals surface area contributed by atoms with Crippen molar-refractivity contribution in [3.8, 4) is 0 Å². The number of hydrogen-bond acceptors (Lipinski definition) is 4. The largest absolute Gasteiger partial charge is 0.466 e. The molecule has 0 amide bonds. The molecule has 0 aromatic carbocycles. The number of rotatable bonds is 9. The smallest absolute Gasteiger partial charge is 0.305 e. The van der Waals surface area contributed by atoms with E-state index in [1.807, 2.05) is 13.8 Å². The van der Waals surface area contributed by atoms with Crippen LogP contribution in [0.15, 0.2) is 0 Å². The maximum atomic E-state index is 11.3. The van der Waals surface area contributed by atoms with Gasteiger partial charge >= 0.3 is 5.97 Å². The van der Waals surface area contributed by atoms with Crippen LogP contribution in [0.25, 0.3) is 0 Å². The lowest BCUT2D eigenvalue weighted by molar-refractivity contribution is -0.145. The molecule has 2 N–H and O–H groups in total. The topological polar surface area (TPSA) is 61.5 Å². The molecule has 96 valence electrons. The highest BCUT2D eigenvalue weighted by atomic mass is 16.5. The molecule has 0 saturated heterocycles. The van der Waals surface area contributed by atoms with Gasteiger partial charge < -0.3 is 15.2 Å². The summed E-state index contributed by atoms with van der Waals surface area (Å²) in [5.74, 6) is -0.121. The molecule has 16 heavy (non-hydrogen) atoms. The van der Waals surface area contributed by atoms with E-state index in [1.165, 1.54) is 0 Å². The number of carbonyl (C=O) groups is 1. The summed E-state index contributed by atoms with van der Waals surface area (Å²) in [6, 6.07) is 0. The Balaban J connectivity index is 3.44. The first-order chi connectivity index (χ1) is 7.52. The van der Waals surface area contributed by atoms with Gasteiger partial charge in [0.1, 0.15) is 0 Å². The third-order valence-electron chi connectivity index (χ3n) is 2.60. The first-order valence-electron chi connectivity index (χ1n) is 5.92. The van der Waals surface area contributed by atoms with E-state index in [4.69, 9.17) is 15.2 Å². The lowest BCUT2D eigenvalue weighted by Crippen LogP contribution is -2.25. The van der Waals surface area contributed by atoms with Crippen molar-refractivity contribution in [2.75, 3.05) is 20.3 Å². The molecule has 0 heterocycles. The minimum absolute atomic E-state index is 0.121. The van der Waals surface area contributed by atoms with Crippen LogP contribution in [0.3, 0.4) is 0 Å². The maximum Gasteiger partial charge on any atom is 0.305 e. The fraction of sp³-hybridized carbons (Fsp3) is 0.917. The third-order valence-corrected chi connectivity index (χ3v) is 2.60. The summed E-state index contributed by atoms with van der Waals surface area (Å²) in [4.78, 5) is 11.3. The highest BCUT2D eigenvalue weighted by molar-refractivity contribution is 5.69. The van der Waals surface area contributed by atoms with Crippen molar-refractivity contribution in [3.63, 3.8) is 0 Å². The lowest BCUT2D eigenvalue weighted by atomic mass is 10.1. The van der Waals surface area contributed by atoms with Gasteiger partial charge in [0, 0.05) is 20.0 Å². The van der Waals surface area contributed by atoms with E-state index in [0.717, 1.165) is 25.7 Å². The Morgan fingerprint density at radius 1 is 1.25 bits per heavy atom. The molecule has 4 nitrogen and oxygen atoms in total. The second-order valence-corrected chi connectivity index (χ2v) is 4.53. The molecule has 0 atom stereocenters. The summed E-state index contributed by atoms with van der Waals surface area (Å²) in [5, 5.41) is 0. The molecular formula is C12H25NO3. The lowest BCUT2D eigenvalue weighted by Gasteiger charge is -2.22. The van der Waals surface area contributed by atoms with Crippen molar-refractivity contribution in [2.24, 2.45) is 5.73 Å². The zero-order valence-corrected chi connectivity index (χ0v) is 10.8. The molecule has 0 radical (unpaired) electrons. The van der Waals surface area contributed by atoms with Crippen LogP contribution in [0.1, 0.15) is 46.0 Å². The summed E-state index contributed by atoms with van der Waals surface area (Å²) in [5.41, 5.74) is 5.14. The number of nitrogens with two attached hydrogens (primary N) is 1. The normalized spacial score (nSPS) is 11.5. The molecule has 0 saturated carbocycles. The molecule has 0 aromatic rings. The molecule has 0 spiro atoms. The van der Waals surface area contributed by atoms with Crippen LogP contribution in [-0.4, -0.2) is 31.8 Å². The monoisotopic (exact) mass is 231 g/mol. The highest BCUT2D eigenvalue weighted by Gasteiger charge is 2.16.